The number of aliphatic hydroxyl groups is 1. The van der Waals surface area contributed by atoms with Crippen molar-refractivity contribution in [1.82, 2.24) is 0 Å². The van der Waals surface area contributed by atoms with Gasteiger partial charge in [0.2, 0.25) is 0 Å². The van der Waals surface area contributed by atoms with E-state index < -0.39 is 6.10 Å². The second kappa shape index (κ2) is 4.66. The molecule has 0 aliphatic carbocycles. The summed E-state index contributed by atoms with van der Waals surface area (Å²) in [7, 11) is 0. The minimum absolute atomic E-state index is 0.458. The van der Waals surface area contributed by atoms with Gasteiger partial charge in [-0.3, -0.25) is 0 Å². The van der Waals surface area contributed by atoms with Crippen LogP contribution in [0.2, 0.25) is 0 Å². The first-order valence-electron chi connectivity index (χ1n) is 4.23. The van der Waals surface area contributed by atoms with E-state index in [-0.39, 0.29) is 0 Å². The van der Waals surface area contributed by atoms with Gasteiger partial charge in [0, 0.05) is 5.56 Å². The van der Waals surface area contributed by atoms with Crippen molar-refractivity contribution in [3.8, 4) is 12.3 Å². The molecular formula is C11H13NO. The highest BCUT2D eigenvalue weighted by Gasteiger charge is 2.08. The summed E-state index contributed by atoms with van der Waals surface area (Å²) in [6.07, 6.45) is 5.29. The second-order valence-electron chi connectivity index (χ2n) is 2.82. The van der Waals surface area contributed by atoms with Crippen molar-refractivity contribution in [2.24, 2.45) is 5.73 Å². The monoisotopic (exact) mass is 175 g/mol. The van der Waals surface area contributed by atoms with Gasteiger partial charge >= 0.3 is 0 Å². The summed E-state index contributed by atoms with van der Waals surface area (Å²) in [4.78, 5) is 0. The van der Waals surface area contributed by atoms with E-state index in [4.69, 9.17) is 12.2 Å². The van der Waals surface area contributed by atoms with Crippen LogP contribution >= 0.6 is 0 Å². The molecule has 0 spiro atoms. The molecule has 0 saturated heterocycles. The lowest BCUT2D eigenvalue weighted by Crippen LogP contribution is -2.07. The molecular weight excluding hydrogens is 162 g/mol. The van der Waals surface area contributed by atoms with Gasteiger partial charge in [0.25, 0.3) is 0 Å². The Kier molecular flexibility index (Phi) is 3.51. The summed E-state index contributed by atoms with van der Waals surface area (Å²) in [6.45, 7) is 0.458. The molecule has 1 atom stereocenters. The molecule has 0 bridgehead atoms. The number of hydrogen-bond donors (Lipinski definition) is 2. The van der Waals surface area contributed by atoms with Crippen molar-refractivity contribution in [2.45, 2.75) is 12.5 Å². The van der Waals surface area contributed by atoms with Crippen LogP contribution in [0.15, 0.2) is 24.3 Å². The van der Waals surface area contributed by atoms with Gasteiger partial charge in [-0.25, -0.2) is 0 Å². The van der Waals surface area contributed by atoms with Crippen LogP contribution < -0.4 is 5.73 Å². The number of benzene rings is 1. The molecule has 68 valence electrons. The normalized spacial score (nSPS) is 12.1. The standard InChI is InChI=1S/C11H13NO/c1-2-9-5-3-4-6-10(9)11(13)7-8-12/h1,3-6,11,13H,7-8,12H2. The van der Waals surface area contributed by atoms with E-state index in [1.54, 1.807) is 0 Å². The number of nitrogens with two attached hydrogens (primary N) is 1. The Morgan fingerprint density at radius 3 is 2.77 bits per heavy atom. The molecule has 13 heavy (non-hydrogen) atoms. The Balaban J connectivity index is 2.93. The summed E-state index contributed by atoms with van der Waals surface area (Å²) in [5, 5.41) is 9.66. The number of rotatable bonds is 3. The average molecular weight is 175 g/mol. The van der Waals surface area contributed by atoms with E-state index in [0.717, 1.165) is 11.1 Å². The van der Waals surface area contributed by atoms with Gasteiger partial charge in [-0.1, -0.05) is 24.1 Å². The van der Waals surface area contributed by atoms with Crippen molar-refractivity contribution >= 4 is 0 Å². The Morgan fingerprint density at radius 2 is 2.15 bits per heavy atom. The fraction of sp³-hybridized carbons (Fsp3) is 0.273. The lowest BCUT2D eigenvalue weighted by molar-refractivity contribution is 0.170. The molecule has 0 aliphatic heterocycles. The van der Waals surface area contributed by atoms with Crippen LogP contribution in [0, 0.1) is 12.3 Å². The van der Waals surface area contributed by atoms with Crippen molar-refractivity contribution in [1.29, 1.82) is 0 Å². The summed E-state index contributed by atoms with van der Waals surface area (Å²) >= 11 is 0. The van der Waals surface area contributed by atoms with Crippen LogP contribution in [0.25, 0.3) is 0 Å². The Hall–Kier alpha value is -1.30. The third kappa shape index (κ3) is 2.32. The van der Waals surface area contributed by atoms with Gasteiger partial charge < -0.3 is 10.8 Å². The van der Waals surface area contributed by atoms with Gasteiger partial charge in [-0.15, -0.1) is 6.42 Å². The molecule has 0 saturated carbocycles. The van der Waals surface area contributed by atoms with Crippen LogP contribution in [0.4, 0.5) is 0 Å². The van der Waals surface area contributed by atoms with Crippen LogP contribution in [-0.2, 0) is 0 Å². The molecule has 1 unspecified atom stereocenters. The highest BCUT2D eigenvalue weighted by molar-refractivity contribution is 5.40. The van der Waals surface area contributed by atoms with Crippen molar-refractivity contribution in [3.63, 3.8) is 0 Å². The van der Waals surface area contributed by atoms with Crippen molar-refractivity contribution in [3.05, 3.63) is 35.4 Å². The van der Waals surface area contributed by atoms with Crippen LogP contribution in [0.5, 0.6) is 0 Å². The van der Waals surface area contributed by atoms with Crippen LogP contribution in [-0.4, -0.2) is 11.7 Å². The summed E-state index contributed by atoms with van der Waals surface area (Å²) < 4.78 is 0. The zero-order valence-electron chi connectivity index (χ0n) is 7.40. The van der Waals surface area contributed by atoms with E-state index in [0.29, 0.717) is 13.0 Å². The fourth-order valence-electron chi connectivity index (χ4n) is 1.23. The first-order valence-corrected chi connectivity index (χ1v) is 4.23. The molecule has 0 amide bonds. The smallest absolute Gasteiger partial charge is 0.0814 e. The maximum Gasteiger partial charge on any atom is 0.0814 e. The predicted molar refractivity (Wildman–Crippen MR) is 53.0 cm³/mol. The summed E-state index contributed by atoms with van der Waals surface area (Å²) in [6, 6.07) is 7.36. The molecule has 2 nitrogen and oxygen atoms in total. The Labute approximate surface area is 78.4 Å². The van der Waals surface area contributed by atoms with Crippen LogP contribution in [0.3, 0.4) is 0 Å². The van der Waals surface area contributed by atoms with Crippen LogP contribution in [0.1, 0.15) is 23.7 Å². The lowest BCUT2D eigenvalue weighted by Gasteiger charge is -2.11. The summed E-state index contributed by atoms with van der Waals surface area (Å²) in [5.41, 5.74) is 6.87. The third-order valence-electron chi connectivity index (χ3n) is 1.92. The maximum atomic E-state index is 9.66. The molecule has 0 aliphatic rings. The zero-order valence-corrected chi connectivity index (χ0v) is 7.40. The van der Waals surface area contributed by atoms with Gasteiger partial charge in [0.15, 0.2) is 0 Å². The highest BCUT2D eigenvalue weighted by Crippen LogP contribution is 2.19. The largest absolute Gasteiger partial charge is 0.388 e. The van der Waals surface area contributed by atoms with E-state index >= 15 is 0 Å². The average Bonchev–Trinajstić information content (AvgIpc) is 2.18. The molecule has 0 aromatic heterocycles. The molecule has 3 N–H and O–H groups in total. The van der Waals surface area contributed by atoms with Gasteiger partial charge in [0.1, 0.15) is 0 Å². The Morgan fingerprint density at radius 1 is 1.46 bits per heavy atom. The minimum atomic E-state index is -0.544. The SMILES string of the molecule is C#Cc1ccccc1C(O)CCN. The Bertz CT molecular complexity index is 314. The molecule has 1 aromatic rings. The maximum absolute atomic E-state index is 9.66. The number of aliphatic hydroxyl groups excluding tert-OH is 1. The van der Waals surface area contributed by atoms with E-state index in [2.05, 4.69) is 5.92 Å². The third-order valence-corrected chi connectivity index (χ3v) is 1.92. The molecule has 0 fully saturated rings. The first-order chi connectivity index (χ1) is 6.29. The molecule has 0 heterocycles. The quantitative estimate of drug-likeness (QED) is 0.674. The summed E-state index contributed by atoms with van der Waals surface area (Å²) in [5.74, 6) is 2.53. The van der Waals surface area contributed by atoms with Gasteiger partial charge in [-0.2, -0.15) is 0 Å². The fourth-order valence-corrected chi connectivity index (χ4v) is 1.23. The van der Waals surface area contributed by atoms with Gasteiger partial charge in [-0.05, 0) is 24.6 Å². The number of terminal acetylenes is 1. The molecule has 1 aromatic carbocycles. The molecule has 2 heteroatoms. The molecule has 1 rings (SSSR count). The predicted octanol–water partition coefficient (Wildman–Crippen LogP) is 1.05. The lowest BCUT2D eigenvalue weighted by atomic mass is 10.0. The zero-order chi connectivity index (χ0) is 9.68. The van der Waals surface area contributed by atoms with Crippen molar-refractivity contribution in [2.75, 3.05) is 6.54 Å². The van der Waals surface area contributed by atoms with Crippen molar-refractivity contribution < 1.29 is 5.11 Å². The number of hydrogen-bond acceptors (Lipinski definition) is 2. The minimum Gasteiger partial charge on any atom is -0.388 e. The molecule has 0 radical (unpaired) electrons. The first kappa shape index (κ1) is 9.79. The van der Waals surface area contributed by atoms with E-state index in [1.165, 1.54) is 0 Å². The second-order valence-corrected chi connectivity index (χ2v) is 2.82. The topological polar surface area (TPSA) is 46.2 Å². The van der Waals surface area contributed by atoms with E-state index in [1.807, 2.05) is 24.3 Å². The van der Waals surface area contributed by atoms with Gasteiger partial charge in [0.05, 0.1) is 6.10 Å². The van der Waals surface area contributed by atoms with E-state index in [9.17, 15) is 5.11 Å². The highest BCUT2D eigenvalue weighted by atomic mass is 16.3.